The minimum absolute atomic E-state index is 0.183. The Morgan fingerprint density at radius 1 is 1.35 bits per heavy atom. The van der Waals surface area contributed by atoms with E-state index >= 15 is 0 Å². The van der Waals surface area contributed by atoms with Crippen molar-refractivity contribution in [3.05, 3.63) is 32.7 Å². The molecule has 20 heavy (non-hydrogen) atoms. The van der Waals surface area contributed by atoms with Crippen LogP contribution in [0.25, 0.3) is 0 Å². The Labute approximate surface area is 134 Å². The van der Waals surface area contributed by atoms with Gasteiger partial charge in [-0.3, -0.25) is 4.79 Å². The highest BCUT2D eigenvalue weighted by atomic mass is 35.5. The summed E-state index contributed by atoms with van der Waals surface area (Å²) in [6.07, 6.45) is 0. The Kier molecular flexibility index (Phi) is 5.26. The summed E-state index contributed by atoms with van der Waals surface area (Å²) >= 11 is 15.0. The second kappa shape index (κ2) is 6.76. The first-order valence-electron chi connectivity index (χ1n) is 5.64. The highest BCUT2D eigenvalue weighted by molar-refractivity contribution is 8.01. The van der Waals surface area contributed by atoms with Crippen LogP contribution in [0.2, 0.25) is 10.0 Å². The molecule has 0 aliphatic rings. The quantitative estimate of drug-likeness (QED) is 0.842. The summed E-state index contributed by atoms with van der Waals surface area (Å²) in [5, 5.41) is 12.3. The first-order valence-corrected chi connectivity index (χ1v) is 8.20. The molecule has 1 heterocycles. The molecular weight excluding hydrogens is 337 g/mol. The SMILES string of the molecule is Cc1nnc(SCC(=O)Nc2c(Cl)ccc(C)c2Cl)s1. The van der Waals surface area contributed by atoms with E-state index in [1.54, 1.807) is 12.1 Å². The molecule has 106 valence electrons. The summed E-state index contributed by atoms with van der Waals surface area (Å²) in [7, 11) is 0. The van der Waals surface area contributed by atoms with E-state index in [2.05, 4.69) is 15.5 Å². The highest BCUT2D eigenvalue weighted by Gasteiger charge is 2.13. The smallest absolute Gasteiger partial charge is 0.234 e. The third-order valence-corrected chi connectivity index (χ3v) is 5.16. The Hall–Kier alpha value is -0.820. The van der Waals surface area contributed by atoms with E-state index in [1.165, 1.54) is 23.1 Å². The van der Waals surface area contributed by atoms with Crippen LogP contribution in [-0.2, 0) is 4.79 Å². The fourth-order valence-corrected chi connectivity index (χ4v) is 3.49. The molecule has 0 radical (unpaired) electrons. The van der Waals surface area contributed by atoms with E-state index in [-0.39, 0.29) is 11.7 Å². The van der Waals surface area contributed by atoms with E-state index in [0.29, 0.717) is 15.7 Å². The number of hydrogen-bond donors (Lipinski definition) is 1. The molecule has 2 rings (SSSR count). The lowest BCUT2D eigenvalue weighted by Gasteiger charge is -2.10. The van der Waals surface area contributed by atoms with Gasteiger partial charge in [0.2, 0.25) is 5.91 Å². The monoisotopic (exact) mass is 347 g/mol. The molecule has 0 saturated carbocycles. The zero-order valence-electron chi connectivity index (χ0n) is 10.7. The molecule has 0 fully saturated rings. The first-order chi connectivity index (χ1) is 9.47. The lowest BCUT2D eigenvalue weighted by Crippen LogP contribution is -2.14. The summed E-state index contributed by atoms with van der Waals surface area (Å²) in [5.41, 5.74) is 1.31. The number of halogens is 2. The van der Waals surface area contributed by atoms with Gasteiger partial charge in [0, 0.05) is 0 Å². The van der Waals surface area contributed by atoms with Crippen molar-refractivity contribution in [2.24, 2.45) is 0 Å². The van der Waals surface area contributed by atoms with Crippen LogP contribution in [0.15, 0.2) is 16.5 Å². The van der Waals surface area contributed by atoms with Gasteiger partial charge < -0.3 is 5.32 Å². The molecule has 0 saturated heterocycles. The van der Waals surface area contributed by atoms with E-state index in [9.17, 15) is 4.79 Å². The van der Waals surface area contributed by atoms with Crippen LogP contribution in [0.1, 0.15) is 10.6 Å². The largest absolute Gasteiger partial charge is 0.323 e. The summed E-state index contributed by atoms with van der Waals surface area (Å²) in [6, 6.07) is 3.51. The van der Waals surface area contributed by atoms with Crippen molar-refractivity contribution in [3.8, 4) is 0 Å². The normalized spacial score (nSPS) is 10.6. The number of carbonyl (C=O) groups is 1. The lowest BCUT2D eigenvalue weighted by atomic mass is 10.2. The van der Waals surface area contributed by atoms with Crippen LogP contribution >= 0.6 is 46.3 Å². The fourth-order valence-electron chi connectivity index (χ4n) is 1.41. The van der Waals surface area contributed by atoms with Crippen LogP contribution in [-0.4, -0.2) is 21.9 Å². The van der Waals surface area contributed by atoms with Crippen molar-refractivity contribution in [2.75, 3.05) is 11.1 Å². The van der Waals surface area contributed by atoms with Gasteiger partial charge in [-0.05, 0) is 25.5 Å². The average molecular weight is 348 g/mol. The van der Waals surface area contributed by atoms with Crippen LogP contribution in [0.5, 0.6) is 0 Å². The number of nitrogens with one attached hydrogen (secondary N) is 1. The molecule has 0 spiro atoms. The number of hydrogen-bond acceptors (Lipinski definition) is 5. The summed E-state index contributed by atoms with van der Waals surface area (Å²) in [4.78, 5) is 11.9. The van der Waals surface area contributed by atoms with Crippen LogP contribution in [0.3, 0.4) is 0 Å². The van der Waals surface area contributed by atoms with Crippen molar-refractivity contribution in [2.45, 2.75) is 18.2 Å². The van der Waals surface area contributed by atoms with Gasteiger partial charge in [0.1, 0.15) is 5.01 Å². The molecule has 2 aromatic rings. The molecule has 0 aliphatic heterocycles. The van der Waals surface area contributed by atoms with Crippen LogP contribution in [0, 0.1) is 13.8 Å². The molecule has 0 atom stereocenters. The molecule has 0 aliphatic carbocycles. The molecule has 1 N–H and O–H groups in total. The van der Waals surface area contributed by atoms with Gasteiger partial charge >= 0.3 is 0 Å². The molecule has 8 heteroatoms. The van der Waals surface area contributed by atoms with Crippen molar-refractivity contribution >= 4 is 57.9 Å². The number of anilines is 1. The summed E-state index contributed by atoms with van der Waals surface area (Å²) in [5.74, 6) is 0.0483. The zero-order chi connectivity index (χ0) is 14.7. The maximum Gasteiger partial charge on any atom is 0.234 e. The van der Waals surface area contributed by atoms with E-state index in [4.69, 9.17) is 23.2 Å². The predicted molar refractivity (Wildman–Crippen MR) is 85.2 cm³/mol. The molecule has 1 aromatic carbocycles. The van der Waals surface area contributed by atoms with Crippen molar-refractivity contribution < 1.29 is 4.79 Å². The van der Waals surface area contributed by atoms with Gasteiger partial charge in [-0.1, -0.05) is 52.4 Å². The minimum atomic E-state index is -0.183. The number of aromatic nitrogens is 2. The maximum atomic E-state index is 11.9. The molecule has 0 unspecified atom stereocenters. The Balaban J connectivity index is 2.00. The zero-order valence-corrected chi connectivity index (χ0v) is 13.9. The Morgan fingerprint density at radius 2 is 2.10 bits per heavy atom. The molecule has 0 bridgehead atoms. The van der Waals surface area contributed by atoms with Crippen molar-refractivity contribution in [1.29, 1.82) is 0 Å². The molecule has 1 amide bonds. The number of amides is 1. The fraction of sp³-hybridized carbons (Fsp3) is 0.250. The number of benzene rings is 1. The number of nitrogens with zero attached hydrogens (tertiary/aromatic N) is 2. The average Bonchev–Trinajstić information content (AvgIpc) is 2.83. The van der Waals surface area contributed by atoms with Gasteiger partial charge in [-0.25, -0.2) is 0 Å². The van der Waals surface area contributed by atoms with Gasteiger partial charge in [-0.2, -0.15) is 0 Å². The first kappa shape index (κ1) is 15.6. The highest BCUT2D eigenvalue weighted by Crippen LogP contribution is 2.33. The number of rotatable bonds is 4. The van der Waals surface area contributed by atoms with E-state index in [0.717, 1.165) is 14.9 Å². The Morgan fingerprint density at radius 3 is 2.75 bits per heavy atom. The predicted octanol–water partition coefficient (Wildman–Crippen LogP) is 4.19. The third-order valence-electron chi connectivity index (χ3n) is 2.38. The minimum Gasteiger partial charge on any atom is -0.323 e. The Bertz CT molecular complexity index is 646. The second-order valence-electron chi connectivity index (χ2n) is 3.98. The van der Waals surface area contributed by atoms with Crippen LogP contribution in [0.4, 0.5) is 5.69 Å². The summed E-state index contributed by atoms with van der Waals surface area (Å²) in [6.45, 7) is 3.72. The van der Waals surface area contributed by atoms with E-state index < -0.39 is 0 Å². The van der Waals surface area contributed by atoms with Gasteiger partial charge in [0.15, 0.2) is 4.34 Å². The lowest BCUT2D eigenvalue weighted by molar-refractivity contribution is -0.113. The van der Waals surface area contributed by atoms with Gasteiger partial charge in [0.05, 0.1) is 21.5 Å². The standard InChI is InChI=1S/C12H11Cl2N3OS2/c1-6-3-4-8(13)11(10(6)14)15-9(18)5-19-12-17-16-7(2)20-12/h3-4H,5H2,1-2H3,(H,15,18). The second-order valence-corrected chi connectivity index (χ2v) is 7.17. The molecular formula is C12H11Cl2N3OS2. The topological polar surface area (TPSA) is 54.9 Å². The molecule has 4 nitrogen and oxygen atoms in total. The number of aryl methyl sites for hydroxylation is 2. The van der Waals surface area contributed by atoms with E-state index in [1.807, 2.05) is 13.8 Å². The van der Waals surface area contributed by atoms with Gasteiger partial charge in [0.25, 0.3) is 0 Å². The summed E-state index contributed by atoms with van der Waals surface area (Å²) < 4.78 is 0.763. The van der Waals surface area contributed by atoms with Crippen molar-refractivity contribution in [1.82, 2.24) is 10.2 Å². The number of thioether (sulfide) groups is 1. The molecule has 1 aromatic heterocycles. The van der Waals surface area contributed by atoms with Crippen LogP contribution < -0.4 is 5.32 Å². The maximum absolute atomic E-state index is 11.9. The number of carbonyl (C=O) groups excluding carboxylic acids is 1. The third kappa shape index (κ3) is 3.85. The van der Waals surface area contributed by atoms with Gasteiger partial charge in [-0.15, -0.1) is 10.2 Å². The van der Waals surface area contributed by atoms with Crippen molar-refractivity contribution in [3.63, 3.8) is 0 Å².